The van der Waals surface area contributed by atoms with Crippen molar-refractivity contribution in [2.75, 3.05) is 0 Å². The average Bonchev–Trinajstić information content (AvgIpc) is 3.15. The second-order valence-corrected chi connectivity index (χ2v) is 7.85. The van der Waals surface area contributed by atoms with Crippen LogP contribution in [0.1, 0.15) is 35.4 Å². The predicted octanol–water partition coefficient (Wildman–Crippen LogP) is 6.29. The van der Waals surface area contributed by atoms with Crippen LogP contribution in [0.5, 0.6) is 0 Å². The van der Waals surface area contributed by atoms with Crippen molar-refractivity contribution in [3.8, 4) is 22.6 Å². The summed E-state index contributed by atoms with van der Waals surface area (Å²) in [5.74, 6) is 0.566. The summed E-state index contributed by atoms with van der Waals surface area (Å²) >= 11 is 6.24. The SMILES string of the molecule is CCC(NC(=O)c1c(-c2cccc(Cl)c2)nc(-c2ccccc2)n1C)c1ccccc1. The smallest absolute Gasteiger partial charge is 0.270 e. The van der Waals surface area contributed by atoms with Crippen LogP contribution >= 0.6 is 11.6 Å². The highest BCUT2D eigenvalue weighted by Crippen LogP contribution is 2.30. The van der Waals surface area contributed by atoms with E-state index in [0.717, 1.165) is 28.9 Å². The molecule has 1 unspecified atom stereocenters. The molecular formula is C26H24ClN3O. The number of nitrogens with one attached hydrogen (secondary N) is 1. The minimum absolute atomic E-state index is 0.0870. The highest BCUT2D eigenvalue weighted by Gasteiger charge is 2.25. The maximum atomic E-state index is 13.5. The fourth-order valence-corrected chi connectivity index (χ4v) is 3.96. The second-order valence-electron chi connectivity index (χ2n) is 7.41. The van der Waals surface area contributed by atoms with Crippen molar-refractivity contribution in [3.63, 3.8) is 0 Å². The van der Waals surface area contributed by atoms with E-state index in [1.54, 1.807) is 0 Å². The Morgan fingerprint density at radius 1 is 0.968 bits per heavy atom. The van der Waals surface area contributed by atoms with Crippen LogP contribution in [0.3, 0.4) is 0 Å². The molecule has 0 aliphatic carbocycles. The lowest BCUT2D eigenvalue weighted by molar-refractivity contribution is 0.0928. The lowest BCUT2D eigenvalue weighted by atomic mass is 10.0. The Morgan fingerprint density at radius 2 is 1.61 bits per heavy atom. The number of benzene rings is 3. The Bertz CT molecular complexity index is 1190. The molecule has 1 atom stereocenters. The van der Waals surface area contributed by atoms with Crippen LogP contribution in [-0.4, -0.2) is 15.5 Å². The standard InChI is InChI=1S/C26H24ClN3O/c1-3-22(18-11-6-4-7-12-18)28-26(31)24-23(20-15-10-16-21(27)17-20)29-25(30(24)2)19-13-8-5-9-14-19/h4-17,22H,3H2,1-2H3,(H,28,31). The summed E-state index contributed by atoms with van der Waals surface area (Å²) in [4.78, 5) is 18.4. The highest BCUT2D eigenvalue weighted by atomic mass is 35.5. The van der Waals surface area contributed by atoms with E-state index in [-0.39, 0.29) is 11.9 Å². The number of amides is 1. The summed E-state index contributed by atoms with van der Waals surface area (Å²) in [5, 5.41) is 3.80. The molecule has 4 nitrogen and oxygen atoms in total. The van der Waals surface area contributed by atoms with Gasteiger partial charge in [-0.25, -0.2) is 4.98 Å². The van der Waals surface area contributed by atoms with Crippen LogP contribution in [0.4, 0.5) is 0 Å². The maximum Gasteiger partial charge on any atom is 0.270 e. The van der Waals surface area contributed by atoms with Gasteiger partial charge in [0.25, 0.3) is 5.91 Å². The third-order valence-corrected chi connectivity index (χ3v) is 5.59. The maximum absolute atomic E-state index is 13.5. The van der Waals surface area contributed by atoms with E-state index in [2.05, 4.69) is 12.2 Å². The van der Waals surface area contributed by atoms with Gasteiger partial charge in [-0.15, -0.1) is 0 Å². The molecule has 3 aromatic carbocycles. The summed E-state index contributed by atoms with van der Waals surface area (Å²) < 4.78 is 1.86. The van der Waals surface area contributed by atoms with Gasteiger partial charge in [0.15, 0.2) is 0 Å². The summed E-state index contributed by atoms with van der Waals surface area (Å²) in [6, 6.07) is 27.2. The second kappa shape index (κ2) is 9.19. The lowest BCUT2D eigenvalue weighted by Crippen LogP contribution is -2.30. The molecule has 0 saturated heterocycles. The van der Waals surface area contributed by atoms with Crippen molar-refractivity contribution in [2.24, 2.45) is 7.05 Å². The molecule has 0 aliphatic heterocycles. The number of imidazole rings is 1. The molecule has 0 fully saturated rings. The molecule has 1 aromatic heterocycles. The summed E-state index contributed by atoms with van der Waals surface area (Å²) in [7, 11) is 1.88. The largest absolute Gasteiger partial charge is 0.344 e. The van der Waals surface area contributed by atoms with Crippen LogP contribution in [0, 0.1) is 0 Å². The summed E-state index contributed by atoms with van der Waals surface area (Å²) in [6.45, 7) is 2.06. The normalized spacial score (nSPS) is 11.8. The Labute approximate surface area is 187 Å². The van der Waals surface area contributed by atoms with Crippen molar-refractivity contribution in [1.29, 1.82) is 0 Å². The number of hydrogen-bond donors (Lipinski definition) is 1. The third-order valence-electron chi connectivity index (χ3n) is 5.36. The molecule has 4 rings (SSSR count). The van der Waals surface area contributed by atoms with E-state index in [9.17, 15) is 4.79 Å². The Morgan fingerprint density at radius 3 is 2.26 bits per heavy atom. The van der Waals surface area contributed by atoms with Crippen molar-refractivity contribution >= 4 is 17.5 Å². The van der Waals surface area contributed by atoms with Crippen LogP contribution in [0.15, 0.2) is 84.9 Å². The van der Waals surface area contributed by atoms with Crippen LogP contribution in [0.25, 0.3) is 22.6 Å². The Balaban J connectivity index is 1.80. The molecule has 156 valence electrons. The van der Waals surface area contributed by atoms with Crippen molar-refractivity contribution in [3.05, 3.63) is 101 Å². The zero-order valence-electron chi connectivity index (χ0n) is 17.5. The zero-order chi connectivity index (χ0) is 21.8. The molecule has 0 saturated carbocycles. The monoisotopic (exact) mass is 429 g/mol. The van der Waals surface area contributed by atoms with Crippen LogP contribution in [0.2, 0.25) is 5.02 Å². The van der Waals surface area contributed by atoms with Crippen LogP contribution in [-0.2, 0) is 7.05 Å². The van der Waals surface area contributed by atoms with Crippen LogP contribution < -0.4 is 5.32 Å². The molecule has 0 spiro atoms. The fraction of sp³-hybridized carbons (Fsp3) is 0.154. The summed E-state index contributed by atoms with van der Waals surface area (Å²) in [6.07, 6.45) is 0.783. The van der Waals surface area contributed by atoms with E-state index in [4.69, 9.17) is 16.6 Å². The number of aromatic nitrogens is 2. The molecule has 1 amide bonds. The quantitative estimate of drug-likeness (QED) is 0.391. The molecule has 1 N–H and O–H groups in total. The number of nitrogens with zero attached hydrogens (tertiary/aromatic N) is 2. The van der Waals surface area contributed by atoms with Gasteiger partial charge in [-0.05, 0) is 24.1 Å². The Kier molecular flexibility index (Phi) is 6.19. The first-order valence-corrected chi connectivity index (χ1v) is 10.7. The lowest BCUT2D eigenvalue weighted by Gasteiger charge is -2.18. The molecule has 5 heteroatoms. The number of halogens is 1. The van der Waals surface area contributed by atoms with Gasteiger partial charge in [-0.1, -0.05) is 91.3 Å². The van der Waals surface area contributed by atoms with Gasteiger partial charge >= 0.3 is 0 Å². The minimum atomic E-state index is -0.164. The van der Waals surface area contributed by atoms with Gasteiger partial charge < -0.3 is 9.88 Å². The van der Waals surface area contributed by atoms with Gasteiger partial charge in [-0.3, -0.25) is 4.79 Å². The van der Waals surface area contributed by atoms with Crippen molar-refractivity contribution < 1.29 is 4.79 Å². The minimum Gasteiger partial charge on any atom is -0.344 e. The summed E-state index contributed by atoms with van der Waals surface area (Å²) in [5.41, 5.74) is 3.96. The van der Waals surface area contributed by atoms with Crippen molar-refractivity contribution in [1.82, 2.24) is 14.9 Å². The first kappa shape index (κ1) is 20.9. The highest BCUT2D eigenvalue weighted by molar-refractivity contribution is 6.30. The topological polar surface area (TPSA) is 46.9 Å². The van der Waals surface area contributed by atoms with Gasteiger partial charge in [0.05, 0.1) is 6.04 Å². The van der Waals surface area contributed by atoms with E-state index in [1.807, 2.05) is 96.5 Å². The fourth-order valence-electron chi connectivity index (χ4n) is 3.77. The van der Waals surface area contributed by atoms with E-state index in [1.165, 1.54) is 0 Å². The van der Waals surface area contributed by atoms with Crippen molar-refractivity contribution in [2.45, 2.75) is 19.4 Å². The first-order chi connectivity index (χ1) is 15.1. The number of carbonyl (C=O) groups excluding carboxylic acids is 1. The van der Waals surface area contributed by atoms with Gasteiger partial charge in [0.2, 0.25) is 0 Å². The van der Waals surface area contributed by atoms with E-state index >= 15 is 0 Å². The Hall–Kier alpha value is -3.37. The molecule has 1 heterocycles. The molecule has 0 aliphatic rings. The van der Waals surface area contributed by atoms with Gasteiger partial charge in [0, 0.05) is 23.2 Å². The molecule has 0 radical (unpaired) electrons. The third kappa shape index (κ3) is 4.39. The molecule has 31 heavy (non-hydrogen) atoms. The van der Waals surface area contributed by atoms with E-state index < -0.39 is 0 Å². The van der Waals surface area contributed by atoms with Gasteiger partial charge in [0.1, 0.15) is 17.2 Å². The average molecular weight is 430 g/mol. The number of rotatable bonds is 6. The molecule has 4 aromatic rings. The zero-order valence-corrected chi connectivity index (χ0v) is 18.3. The van der Waals surface area contributed by atoms with E-state index in [0.29, 0.717) is 16.4 Å². The first-order valence-electron chi connectivity index (χ1n) is 10.3. The molecule has 0 bridgehead atoms. The van der Waals surface area contributed by atoms with Gasteiger partial charge in [-0.2, -0.15) is 0 Å². The molecular weight excluding hydrogens is 406 g/mol. The predicted molar refractivity (Wildman–Crippen MR) is 126 cm³/mol. The number of hydrogen-bond acceptors (Lipinski definition) is 2. The number of carbonyl (C=O) groups is 1.